The molecular formula is C21H24N2O5. The van der Waals surface area contributed by atoms with Crippen LogP contribution in [0.15, 0.2) is 48.5 Å². The largest absolute Gasteiger partial charge is 0.481 e. The van der Waals surface area contributed by atoms with Crippen molar-refractivity contribution in [2.45, 2.75) is 44.9 Å². The number of urea groups is 1. The van der Waals surface area contributed by atoms with Crippen LogP contribution in [0.2, 0.25) is 0 Å². The Bertz CT molecular complexity index is 851. The van der Waals surface area contributed by atoms with Crippen molar-refractivity contribution in [2.24, 2.45) is 0 Å². The molecule has 0 bridgehead atoms. The number of rotatable bonds is 7. The van der Waals surface area contributed by atoms with E-state index in [9.17, 15) is 9.59 Å². The lowest BCUT2D eigenvalue weighted by Crippen LogP contribution is -2.39. The summed E-state index contributed by atoms with van der Waals surface area (Å²) in [6, 6.07) is 14.1. The Kier molecular flexibility index (Phi) is 5.73. The van der Waals surface area contributed by atoms with Gasteiger partial charge in [-0.25, -0.2) is 4.79 Å². The van der Waals surface area contributed by atoms with E-state index < -0.39 is 17.8 Å². The van der Waals surface area contributed by atoms with Crippen molar-refractivity contribution < 1.29 is 24.2 Å². The van der Waals surface area contributed by atoms with Crippen LogP contribution in [0.3, 0.4) is 0 Å². The first-order valence-corrected chi connectivity index (χ1v) is 9.16. The number of benzene rings is 2. The van der Waals surface area contributed by atoms with Gasteiger partial charge in [0.1, 0.15) is 0 Å². The van der Waals surface area contributed by atoms with Crippen molar-refractivity contribution in [3.8, 4) is 11.5 Å². The molecule has 3 N–H and O–H groups in total. The summed E-state index contributed by atoms with van der Waals surface area (Å²) in [6.07, 6.45) is 0.876. The summed E-state index contributed by atoms with van der Waals surface area (Å²) >= 11 is 0. The van der Waals surface area contributed by atoms with Crippen molar-refractivity contribution in [1.82, 2.24) is 5.32 Å². The maximum atomic E-state index is 12.4. The van der Waals surface area contributed by atoms with Crippen molar-refractivity contribution in [1.29, 1.82) is 0 Å². The van der Waals surface area contributed by atoms with E-state index in [1.54, 1.807) is 18.2 Å². The highest BCUT2D eigenvalue weighted by Crippen LogP contribution is 2.40. The quantitative estimate of drug-likeness (QED) is 0.675. The smallest absolute Gasteiger partial charge is 0.319 e. The van der Waals surface area contributed by atoms with E-state index in [0.717, 1.165) is 5.56 Å². The van der Waals surface area contributed by atoms with Gasteiger partial charge in [-0.1, -0.05) is 30.3 Å². The van der Waals surface area contributed by atoms with Gasteiger partial charge in [-0.3, -0.25) is 4.79 Å². The van der Waals surface area contributed by atoms with E-state index in [1.165, 1.54) is 0 Å². The van der Waals surface area contributed by atoms with Gasteiger partial charge in [-0.15, -0.1) is 0 Å². The number of hydrogen-bond donors (Lipinski definition) is 3. The monoisotopic (exact) mass is 384 g/mol. The fraction of sp³-hybridized carbons (Fsp3) is 0.333. The molecule has 7 heteroatoms. The molecule has 2 aromatic carbocycles. The van der Waals surface area contributed by atoms with Crippen LogP contribution in [0.4, 0.5) is 10.5 Å². The van der Waals surface area contributed by atoms with Gasteiger partial charge in [0.15, 0.2) is 11.5 Å². The van der Waals surface area contributed by atoms with Crippen molar-refractivity contribution >= 4 is 17.7 Å². The van der Waals surface area contributed by atoms with Crippen molar-refractivity contribution in [3.63, 3.8) is 0 Å². The van der Waals surface area contributed by atoms with E-state index in [0.29, 0.717) is 30.0 Å². The first-order valence-electron chi connectivity index (χ1n) is 9.16. The Morgan fingerprint density at radius 2 is 1.79 bits per heavy atom. The first-order chi connectivity index (χ1) is 13.3. The number of aliphatic carboxylic acids is 1. The van der Waals surface area contributed by atoms with Crippen LogP contribution in [-0.2, 0) is 11.2 Å². The number of hydrogen-bond acceptors (Lipinski definition) is 4. The number of ether oxygens (including phenoxy) is 2. The van der Waals surface area contributed by atoms with Crippen molar-refractivity contribution in [2.75, 3.05) is 5.32 Å². The topological polar surface area (TPSA) is 96.9 Å². The third-order valence-electron chi connectivity index (χ3n) is 4.28. The standard InChI is InChI=1S/C21H24N2O5/c1-21(2)27-17-10-8-16(13-18(17)28-21)23-20(26)22-15(9-11-19(24)25)12-14-6-4-3-5-7-14/h3-8,10,13,15H,9,11-12H2,1-2H3,(H,24,25)(H2,22,23,26). The number of carbonyl (C=O) groups excluding carboxylic acids is 1. The lowest BCUT2D eigenvalue weighted by Gasteiger charge is -2.19. The summed E-state index contributed by atoms with van der Waals surface area (Å²) in [5.74, 6) is -0.437. The summed E-state index contributed by atoms with van der Waals surface area (Å²) < 4.78 is 11.3. The zero-order chi connectivity index (χ0) is 20.1. The summed E-state index contributed by atoms with van der Waals surface area (Å²) in [5.41, 5.74) is 1.60. The molecule has 148 valence electrons. The van der Waals surface area contributed by atoms with E-state index in [1.807, 2.05) is 44.2 Å². The molecule has 1 unspecified atom stereocenters. The van der Waals surface area contributed by atoms with Crippen molar-refractivity contribution in [3.05, 3.63) is 54.1 Å². The normalized spacial score (nSPS) is 14.9. The molecule has 0 aliphatic carbocycles. The number of nitrogens with one attached hydrogen (secondary N) is 2. The Hall–Kier alpha value is -3.22. The Morgan fingerprint density at radius 1 is 1.07 bits per heavy atom. The molecule has 2 amide bonds. The van der Waals surface area contributed by atoms with Crippen LogP contribution in [0.25, 0.3) is 0 Å². The van der Waals surface area contributed by atoms with E-state index in [-0.39, 0.29) is 12.5 Å². The molecule has 0 radical (unpaired) electrons. The van der Waals surface area contributed by atoms with Crippen LogP contribution in [0, 0.1) is 0 Å². The SMILES string of the molecule is CC1(C)Oc2ccc(NC(=O)NC(CCC(=O)O)Cc3ccccc3)cc2O1. The summed E-state index contributed by atoms with van der Waals surface area (Å²) in [7, 11) is 0. The fourth-order valence-corrected chi connectivity index (χ4v) is 3.07. The Morgan fingerprint density at radius 3 is 2.50 bits per heavy atom. The number of carboxylic acids is 1. The lowest BCUT2D eigenvalue weighted by molar-refractivity contribution is -0.137. The maximum absolute atomic E-state index is 12.4. The maximum Gasteiger partial charge on any atom is 0.319 e. The molecular weight excluding hydrogens is 360 g/mol. The first kappa shape index (κ1) is 19.5. The second-order valence-corrected chi connectivity index (χ2v) is 7.18. The molecule has 3 rings (SSSR count). The summed E-state index contributed by atoms with van der Waals surface area (Å²) in [4.78, 5) is 23.4. The second kappa shape index (κ2) is 8.21. The minimum atomic E-state index is -0.890. The van der Waals surface area contributed by atoms with Gasteiger partial charge < -0.3 is 25.2 Å². The van der Waals surface area contributed by atoms with Crippen LogP contribution in [-0.4, -0.2) is 28.9 Å². The molecule has 2 aromatic rings. The average molecular weight is 384 g/mol. The zero-order valence-electron chi connectivity index (χ0n) is 15.9. The van der Waals surface area contributed by atoms with E-state index in [4.69, 9.17) is 14.6 Å². The average Bonchev–Trinajstić information content (AvgIpc) is 2.93. The third-order valence-corrected chi connectivity index (χ3v) is 4.28. The number of carboxylic acid groups (broad SMARTS) is 1. The molecule has 7 nitrogen and oxygen atoms in total. The molecule has 0 aromatic heterocycles. The highest BCUT2D eigenvalue weighted by Gasteiger charge is 2.31. The van der Waals surface area contributed by atoms with Gasteiger partial charge in [-0.2, -0.15) is 0 Å². The molecule has 28 heavy (non-hydrogen) atoms. The predicted molar refractivity (Wildman–Crippen MR) is 105 cm³/mol. The minimum Gasteiger partial charge on any atom is -0.481 e. The molecule has 1 aliphatic rings. The predicted octanol–water partition coefficient (Wildman–Crippen LogP) is 3.79. The van der Waals surface area contributed by atoms with Gasteiger partial charge in [0.25, 0.3) is 0 Å². The number of amides is 2. The number of anilines is 1. The fourth-order valence-electron chi connectivity index (χ4n) is 3.07. The van der Waals surface area contributed by atoms with Crippen LogP contribution in [0.5, 0.6) is 11.5 Å². The third kappa shape index (κ3) is 5.39. The zero-order valence-corrected chi connectivity index (χ0v) is 15.9. The molecule has 0 saturated carbocycles. The summed E-state index contributed by atoms with van der Waals surface area (Å²) in [6.45, 7) is 3.62. The second-order valence-electron chi connectivity index (χ2n) is 7.18. The van der Waals surface area contributed by atoms with Gasteiger partial charge in [0.05, 0.1) is 0 Å². The molecule has 1 heterocycles. The van der Waals surface area contributed by atoms with E-state index >= 15 is 0 Å². The molecule has 1 aliphatic heterocycles. The van der Waals surface area contributed by atoms with Gasteiger partial charge in [-0.05, 0) is 30.5 Å². The van der Waals surface area contributed by atoms with Crippen LogP contribution >= 0.6 is 0 Å². The molecule has 0 fully saturated rings. The summed E-state index contributed by atoms with van der Waals surface area (Å²) in [5, 5.41) is 14.6. The Balaban J connectivity index is 1.62. The van der Waals surface area contributed by atoms with Gasteiger partial charge in [0, 0.05) is 38.1 Å². The Labute approximate surface area is 163 Å². The number of carbonyl (C=O) groups is 2. The molecule has 0 saturated heterocycles. The van der Waals surface area contributed by atoms with Gasteiger partial charge in [0.2, 0.25) is 5.79 Å². The van der Waals surface area contributed by atoms with Gasteiger partial charge >= 0.3 is 12.0 Å². The van der Waals surface area contributed by atoms with Crippen LogP contribution < -0.4 is 20.1 Å². The molecule has 1 atom stereocenters. The highest BCUT2D eigenvalue weighted by atomic mass is 16.7. The minimum absolute atomic E-state index is 0.0170. The highest BCUT2D eigenvalue weighted by molar-refractivity contribution is 5.90. The number of fused-ring (bicyclic) bond motifs is 1. The van der Waals surface area contributed by atoms with E-state index in [2.05, 4.69) is 10.6 Å². The molecule has 0 spiro atoms. The lowest BCUT2D eigenvalue weighted by atomic mass is 10.0. The van der Waals surface area contributed by atoms with Crippen LogP contribution in [0.1, 0.15) is 32.3 Å².